The maximum atomic E-state index is 11.7. The molecule has 0 aromatic carbocycles. The number of hydrogen-bond acceptors (Lipinski definition) is 3. The molecule has 1 aromatic rings. The van der Waals surface area contributed by atoms with Crippen LogP contribution in [0.2, 0.25) is 0 Å². The fourth-order valence-corrected chi connectivity index (χ4v) is 2.00. The van der Waals surface area contributed by atoms with Gasteiger partial charge in [-0.3, -0.25) is 4.57 Å². The van der Waals surface area contributed by atoms with Crippen molar-refractivity contribution in [2.75, 3.05) is 6.54 Å². The van der Waals surface area contributed by atoms with Gasteiger partial charge in [-0.2, -0.15) is 4.98 Å². The van der Waals surface area contributed by atoms with E-state index in [0.717, 1.165) is 30.8 Å². The van der Waals surface area contributed by atoms with Gasteiger partial charge in [0.05, 0.1) is 0 Å². The highest BCUT2D eigenvalue weighted by molar-refractivity contribution is 5.06. The van der Waals surface area contributed by atoms with E-state index >= 15 is 0 Å². The minimum atomic E-state index is -0.145. The fraction of sp³-hybridized carbons (Fsp3) is 0.692. The normalized spacial score (nSPS) is 11.1. The molecule has 0 aliphatic heterocycles. The Morgan fingerprint density at radius 2 is 2.00 bits per heavy atom. The topological polar surface area (TPSA) is 46.9 Å². The summed E-state index contributed by atoms with van der Waals surface area (Å²) in [6, 6.07) is 2.49. The molecule has 1 heterocycles. The first-order valence-corrected chi connectivity index (χ1v) is 6.37. The zero-order valence-corrected chi connectivity index (χ0v) is 11.3. The zero-order valence-electron chi connectivity index (χ0n) is 11.3. The van der Waals surface area contributed by atoms with E-state index in [1.807, 2.05) is 19.9 Å². The SMILES string of the molecule is CCC(CC)NCCn1c(C)cc(C)nc1=O. The molecule has 0 amide bonds. The Morgan fingerprint density at radius 1 is 1.35 bits per heavy atom. The van der Waals surface area contributed by atoms with Gasteiger partial charge in [-0.1, -0.05) is 13.8 Å². The van der Waals surface area contributed by atoms with Crippen molar-refractivity contribution in [1.29, 1.82) is 0 Å². The Balaban J connectivity index is 2.61. The van der Waals surface area contributed by atoms with Crippen molar-refractivity contribution in [3.05, 3.63) is 27.9 Å². The second-order valence-electron chi connectivity index (χ2n) is 4.44. The van der Waals surface area contributed by atoms with Gasteiger partial charge in [0.2, 0.25) is 0 Å². The smallest absolute Gasteiger partial charge is 0.312 e. The molecular weight excluding hydrogens is 214 g/mol. The van der Waals surface area contributed by atoms with Crippen molar-refractivity contribution in [2.45, 2.75) is 53.1 Å². The van der Waals surface area contributed by atoms with Crippen LogP contribution in [0.25, 0.3) is 0 Å². The second kappa shape index (κ2) is 6.55. The van der Waals surface area contributed by atoms with E-state index in [-0.39, 0.29) is 5.69 Å². The summed E-state index contributed by atoms with van der Waals surface area (Å²) in [4.78, 5) is 15.7. The van der Waals surface area contributed by atoms with Crippen LogP contribution in [0.4, 0.5) is 0 Å². The van der Waals surface area contributed by atoms with Crippen molar-refractivity contribution in [3.63, 3.8) is 0 Å². The van der Waals surface area contributed by atoms with E-state index < -0.39 is 0 Å². The average Bonchev–Trinajstić information content (AvgIpc) is 2.27. The summed E-state index contributed by atoms with van der Waals surface area (Å²) in [6.45, 7) is 9.65. The summed E-state index contributed by atoms with van der Waals surface area (Å²) >= 11 is 0. The van der Waals surface area contributed by atoms with E-state index in [0.29, 0.717) is 12.6 Å². The summed E-state index contributed by atoms with van der Waals surface area (Å²) in [5, 5.41) is 3.45. The Morgan fingerprint density at radius 3 is 2.53 bits per heavy atom. The van der Waals surface area contributed by atoms with Crippen LogP contribution in [-0.4, -0.2) is 22.1 Å². The molecule has 1 rings (SSSR count). The summed E-state index contributed by atoms with van der Waals surface area (Å²) in [5.41, 5.74) is 1.62. The molecule has 0 aliphatic carbocycles. The number of nitrogens with one attached hydrogen (secondary N) is 1. The van der Waals surface area contributed by atoms with Gasteiger partial charge in [-0.05, 0) is 32.8 Å². The fourth-order valence-electron chi connectivity index (χ4n) is 2.00. The minimum Gasteiger partial charge on any atom is -0.312 e. The van der Waals surface area contributed by atoms with Crippen LogP contribution >= 0.6 is 0 Å². The second-order valence-corrected chi connectivity index (χ2v) is 4.44. The summed E-state index contributed by atoms with van der Waals surface area (Å²) in [6.07, 6.45) is 2.24. The predicted octanol–water partition coefficient (Wildman–Crippen LogP) is 1.64. The Kier molecular flexibility index (Phi) is 5.35. The molecular formula is C13H23N3O. The monoisotopic (exact) mass is 237 g/mol. The Bertz CT molecular complexity index is 408. The third-order valence-corrected chi connectivity index (χ3v) is 3.10. The first-order valence-electron chi connectivity index (χ1n) is 6.37. The maximum absolute atomic E-state index is 11.7. The van der Waals surface area contributed by atoms with E-state index in [1.54, 1.807) is 4.57 Å². The van der Waals surface area contributed by atoms with Gasteiger partial charge >= 0.3 is 5.69 Å². The quantitative estimate of drug-likeness (QED) is 0.818. The molecule has 0 fully saturated rings. The van der Waals surface area contributed by atoms with Crippen molar-refractivity contribution in [1.82, 2.24) is 14.9 Å². The van der Waals surface area contributed by atoms with Crippen LogP contribution in [0.1, 0.15) is 38.1 Å². The number of hydrogen-bond donors (Lipinski definition) is 1. The van der Waals surface area contributed by atoms with E-state index in [9.17, 15) is 4.79 Å². The molecule has 0 spiro atoms. The highest BCUT2D eigenvalue weighted by atomic mass is 16.1. The largest absolute Gasteiger partial charge is 0.347 e. The van der Waals surface area contributed by atoms with E-state index in [2.05, 4.69) is 24.1 Å². The van der Waals surface area contributed by atoms with Crippen LogP contribution in [0, 0.1) is 13.8 Å². The van der Waals surface area contributed by atoms with Gasteiger partial charge in [0.1, 0.15) is 0 Å². The van der Waals surface area contributed by atoms with Gasteiger partial charge in [0.25, 0.3) is 0 Å². The first-order chi connectivity index (χ1) is 8.08. The first kappa shape index (κ1) is 13.9. The number of aromatic nitrogens is 2. The molecule has 4 nitrogen and oxygen atoms in total. The van der Waals surface area contributed by atoms with Crippen molar-refractivity contribution >= 4 is 0 Å². The van der Waals surface area contributed by atoms with Crippen molar-refractivity contribution in [2.24, 2.45) is 0 Å². The van der Waals surface area contributed by atoms with Gasteiger partial charge in [0, 0.05) is 30.5 Å². The Hall–Kier alpha value is -1.16. The molecule has 0 unspecified atom stereocenters. The van der Waals surface area contributed by atoms with Crippen LogP contribution in [0.5, 0.6) is 0 Å². The van der Waals surface area contributed by atoms with Crippen LogP contribution in [-0.2, 0) is 6.54 Å². The molecule has 0 bridgehead atoms. The van der Waals surface area contributed by atoms with Gasteiger partial charge < -0.3 is 5.32 Å². The van der Waals surface area contributed by atoms with Gasteiger partial charge in [0.15, 0.2) is 0 Å². The summed E-state index contributed by atoms with van der Waals surface area (Å²) in [7, 11) is 0. The standard InChI is InChI=1S/C13H23N3O/c1-5-12(6-2)14-7-8-16-11(4)9-10(3)15-13(16)17/h9,12,14H,5-8H2,1-4H3. The lowest BCUT2D eigenvalue weighted by molar-refractivity contribution is 0.458. The van der Waals surface area contributed by atoms with E-state index in [1.165, 1.54) is 0 Å². The van der Waals surface area contributed by atoms with Gasteiger partial charge in [-0.25, -0.2) is 4.79 Å². The summed E-state index contributed by atoms with van der Waals surface area (Å²) < 4.78 is 1.72. The number of rotatable bonds is 6. The average molecular weight is 237 g/mol. The minimum absolute atomic E-state index is 0.145. The highest BCUT2D eigenvalue weighted by Crippen LogP contribution is 1.98. The molecule has 17 heavy (non-hydrogen) atoms. The lowest BCUT2D eigenvalue weighted by Gasteiger charge is -2.16. The third-order valence-electron chi connectivity index (χ3n) is 3.10. The summed E-state index contributed by atoms with van der Waals surface area (Å²) in [5.74, 6) is 0. The molecule has 4 heteroatoms. The molecule has 0 aliphatic rings. The molecule has 0 atom stereocenters. The molecule has 0 saturated heterocycles. The lowest BCUT2D eigenvalue weighted by atomic mass is 10.2. The number of nitrogens with zero attached hydrogens (tertiary/aromatic N) is 2. The number of aryl methyl sites for hydroxylation is 2. The van der Waals surface area contributed by atoms with E-state index in [4.69, 9.17) is 0 Å². The van der Waals surface area contributed by atoms with Crippen molar-refractivity contribution < 1.29 is 0 Å². The highest BCUT2D eigenvalue weighted by Gasteiger charge is 2.04. The van der Waals surface area contributed by atoms with Crippen molar-refractivity contribution in [3.8, 4) is 0 Å². The maximum Gasteiger partial charge on any atom is 0.347 e. The molecule has 0 saturated carbocycles. The lowest BCUT2D eigenvalue weighted by Crippen LogP contribution is -2.34. The van der Waals surface area contributed by atoms with Crippen LogP contribution < -0.4 is 11.0 Å². The van der Waals surface area contributed by atoms with Crippen LogP contribution in [0.3, 0.4) is 0 Å². The molecule has 1 aromatic heterocycles. The molecule has 0 radical (unpaired) electrons. The third kappa shape index (κ3) is 3.97. The Labute approximate surface area is 103 Å². The molecule has 96 valence electrons. The zero-order chi connectivity index (χ0) is 12.8. The molecule has 1 N–H and O–H groups in total. The van der Waals surface area contributed by atoms with Crippen LogP contribution in [0.15, 0.2) is 10.9 Å². The van der Waals surface area contributed by atoms with Gasteiger partial charge in [-0.15, -0.1) is 0 Å². The predicted molar refractivity (Wildman–Crippen MR) is 70.3 cm³/mol.